The third-order valence-corrected chi connectivity index (χ3v) is 3.20. The molecule has 3 N–H and O–H groups in total. The molecular weight excluding hydrogens is 271 g/mol. The SMILES string of the molecule is CC1CN(c2ccc(C(F)(F)F)c(C(=N)N)c2)CCO1. The fourth-order valence-electron chi connectivity index (χ4n) is 2.25. The molecule has 0 bridgehead atoms. The van der Waals surface area contributed by atoms with Crippen LogP contribution < -0.4 is 10.6 Å². The van der Waals surface area contributed by atoms with Crippen LogP contribution in [-0.2, 0) is 10.9 Å². The maximum atomic E-state index is 12.9. The van der Waals surface area contributed by atoms with Crippen molar-refractivity contribution in [1.29, 1.82) is 5.41 Å². The Morgan fingerprint density at radius 1 is 1.45 bits per heavy atom. The van der Waals surface area contributed by atoms with Gasteiger partial charge < -0.3 is 15.4 Å². The minimum Gasteiger partial charge on any atom is -0.384 e. The van der Waals surface area contributed by atoms with Crippen LogP contribution in [0.1, 0.15) is 18.1 Å². The van der Waals surface area contributed by atoms with Crippen molar-refractivity contribution in [2.45, 2.75) is 19.2 Å². The van der Waals surface area contributed by atoms with Gasteiger partial charge in [0.05, 0.1) is 18.3 Å². The predicted molar refractivity (Wildman–Crippen MR) is 70.1 cm³/mol. The van der Waals surface area contributed by atoms with Gasteiger partial charge in [-0.2, -0.15) is 13.2 Å². The van der Waals surface area contributed by atoms with Gasteiger partial charge in [-0.15, -0.1) is 0 Å². The molecule has 1 aliphatic rings. The lowest BCUT2D eigenvalue weighted by Crippen LogP contribution is -2.41. The Bertz CT molecular complexity index is 516. The number of ether oxygens (including phenoxy) is 1. The molecular formula is C13H16F3N3O. The number of benzene rings is 1. The van der Waals surface area contributed by atoms with E-state index in [-0.39, 0.29) is 11.7 Å². The number of nitrogens with two attached hydrogens (primary N) is 1. The van der Waals surface area contributed by atoms with Gasteiger partial charge in [0.15, 0.2) is 0 Å². The molecule has 110 valence electrons. The average Bonchev–Trinajstić information content (AvgIpc) is 2.37. The smallest absolute Gasteiger partial charge is 0.384 e. The molecule has 0 radical (unpaired) electrons. The van der Waals surface area contributed by atoms with Crippen LogP contribution in [0.2, 0.25) is 0 Å². The van der Waals surface area contributed by atoms with Crippen molar-refractivity contribution >= 4 is 11.5 Å². The molecule has 0 spiro atoms. The van der Waals surface area contributed by atoms with Crippen LogP contribution in [0.4, 0.5) is 18.9 Å². The lowest BCUT2D eigenvalue weighted by Gasteiger charge is -2.33. The third-order valence-electron chi connectivity index (χ3n) is 3.20. The first-order chi connectivity index (χ1) is 9.29. The second kappa shape index (κ2) is 5.32. The van der Waals surface area contributed by atoms with E-state index in [2.05, 4.69) is 0 Å². The molecule has 4 nitrogen and oxygen atoms in total. The molecule has 0 saturated carbocycles. The Morgan fingerprint density at radius 2 is 2.15 bits per heavy atom. The van der Waals surface area contributed by atoms with E-state index in [1.807, 2.05) is 11.8 Å². The zero-order chi connectivity index (χ0) is 14.9. The summed E-state index contributed by atoms with van der Waals surface area (Å²) in [5.41, 5.74) is 4.74. The summed E-state index contributed by atoms with van der Waals surface area (Å²) in [6.45, 7) is 3.63. The molecule has 20 heavy (non-hydrogen) atoms. The van der Waals surface area contributed by atoms with Gasteiger partial charge in [0, 0.05) is 24.3 Å². The molecule has 7 heteroatoms. The lowest BCUT2D eigenvalue weighted by molar-refractivity contribution is -0.137. The summed E-state index contributed by atoms with van der Waals surface area (Å²) >= 11 is 0. The Labute approximate surface area is 114 Å². The summed E-state index contributed by atoms with van der Waals surface area (Å²) in [5, 5.41) is 7.34. The standard InChI is InChI=1S/C13H16F3N3O/c1-8-7-19(4-5-20-8)9-2-3-11(13(14,15)16)10(6-9)12(17)18/h2-3,6,8H,4-5,7H2,1H3,(H3,17,18). The second-order valence-electron chi connectivity index (χ2n) is 4.77. The quantitative estimate of drug-likeness (QED) is 0.647. The van der Waals surface area contributed by atoms with Crippen molar-refractivity contribution in [3.8, 4) is 0 Å². The second-order valence-corrected chi connectivity index (χ2v) is 4.77. The van der Waals surface area contributed by atoms with Gasteiger partial charge in [-0.05, 0) is 25.1 Å². The van der Waals surface area contributed by atoms with Crippen LogP contribution in [0.25, 0.3) is 0 Å². The van der Waals surface area contributed by atoms with E-state index in [0.29, 0.717) is 25.4 Å². The maximum Gasteiger partial charge on any atom is 0.417 e. The molecule has 1 unspecified atom stereocenters. The molecule has 1 saturated heterocycles. The number of morpholine rings is 1. The zero-order valence-corrected chi connectivity index (χ0v) is 11.0. The normalized spacial score (nSPS) is 20.0. The van der Waals surface area contributed by atoms with E-state index in [0.717, 1.165) is 6.07 Å². The van der Waals surface area contributed by atoms with Crippen LogP contribution in [0, 0.1) is 5.41 Å². The van der Waals surface area contributed by atoms with Crippen molar-refractivity contribution in [2.24, 2.45) is 5.73 Å². The summed E-state index contributed by atoms with van der Waals surface area (Å²) in [6.07, 6.45) is -4.50. The molecule has 1 fully saturated rings. The number of nitrogen functional groups attached to an aromatic ring is 1. The van der Waals surface area contributed by atoms with Crippen molar-refractivity contribution in [3.05, 3.63) is 29.3 Å². The topological polar surface area (TPSA) is 62.3 Å². The minimum atomic E-state index is -4.52. The number of amidine groups is 1. The van der Waals surface area contributed by atoms with Gasteiger partial charge in [0.1, 0.15) is 5.84 Å². The fraction of sp³-hybridized carbons (Fsp3) is 0.462. The predicted octanol–water partition coefficient (Wildman–Crippen LogP) is 2.21. The highest BCUT2D eigenvalue weighted by atomic mass is 19.4. The number of nitrogens with zero attached hydrogens (tertiary/aromatic N) is 1. The minimum absolute atomic E-state index is 0.0202. The Hall–Kier alpha value is -1.76. The largest absolute Gasteiger partial charge is 0.417 e. The Kier molecular flexibility index (Phi) is 3.89. The number of hydrogen-bond acceptors (Lipinski definition) is 3. The monoisotopic (exact) mass is 287 g/mol. The molecule has 0 aromatic heterocycles. The first-order valence-corrected chi connectivity index (χ1v) is 6.21. The molecule has 1 aromatic rings. The lowest BCUT2D eigenvalue weighted by atomic mass is 10.0. The van der Waals surface area contributed by atoms with Gasteiger partial charge in [0.2, 0.25) is 0 Å². The summed E-state index contributed by atoms with van der Waals surface area (Å²) in [6, 6.07) is 3.71. The molecule has 1 aromatic carbocycles. The molecule has 0 aliphatic carbocycles. The first-order valence-electron chi connectivity index (χ1n) is 6.21. The highest BCUT2D eigenvalue weighted by Crippen LogP contribution is 2.34. The van der Waals surface area contributed by atoms with E-state index in [4.69, 9.17) is 15.9 Å². The van der Waals surface area contributed by atoms with Gasteiger partial charge >= 0.3 is 6.18 Å². The van der Waals surface area contributed by atoms with Gasteiger partial charge in [-0.25, -0.2) is 0 Å². The maximum absolute atomic E-state index is 12.9. The fourth-order valence-corrected chi connectivity index (χ4v) is 2.25. The number of hydrogen-bond donors (Lipinski definition) is 2. The van der Waals surface area contributed by atoms with Crippen LogP contribution in [-0.4, -0.2) is 31.6 Å². The van der Waals surface area contributed by atoms with E-state index in [1.165, 1.54) is 12.1 Å². The number of rotatable bonds is 2. The van der Waals surface area contributed by atoms with Crippen LogP contribution >= 0.6 is 0 Å². The third kappa shape index (κ3) is 3.04. The molecule has 0 amide bonds. The Balaban J connectivity index is 2.37. The number of anilines is 1. The van der Waals surface area contributed by atoms with E-state index in [9.17, 15) is 13.2 Å². The highest BCUT2D eigenvalue weighted by Gasteiger charge is 2.34. The first kappa shape index (κ1) is 14.6. The summed E-state index contributed by atoms with van der Waals surface area (Å²) in [4.78, 5) is 1.93. The number of nitrogens with one attached hydrogen (secondary N) is 1. The van der Waals surface area contributed by atoms with Crippen LogP contribution in [0.3, 0.4) is 0 Å². The number of halogens is 3. The van der Waals surface area contributed by atoms with Crippen molar-refractivity contribution < 1.29 is 17.9 Å². The van der Waals surface area contributed by atoms with E-state index < -0.39 is 17.6 Å². The summed E-state index contributed by atoms with van der Waals surface area (Å²) in [5.74, 6) is -0.583. The van der Waals surface area contributed by atoms with Gasteiger partial charge in [-0.3, -0.25) is 5.41 Å². The van der Waals surface area contributed by atoms with Crippen molar-refractivity contribution in [1.82, 2.24) is 0 Å². The molecule has 2 rings (SSSR count). The Morgan fingerprint density at radius 3 is 2.70 bits per heavy atom. The van der Waals surface area contributed by atoms with Crippen LogP contribution in [0.15, 0.2) is 18.2 Å². The van der Waals surface area contributed by atoms with Gasteiger partial charge in [0.25, 0.3) is 0 Å². The van der Waals surface area contributed by atoms with Gasteiger partial charge in [-0.1, -0.05) is 0 Å². The van der Waals surface area contributed by atoms with Crippen LogP contribution in [0.5, 0.6) is 0 Å². The van der Waals surface area contributed by atoms with Crippen molar-refractivity contribution in [2.75, 3.05) is 24.6 Å². The summed E-state index contributed by atoms with van der Waals surface area (Å²) in [7, 11) is 0. The summed E-state index contributed by atoms with van der Waals surface area (Å²) < 4.78 is 44.0. The zero-order valence-electron chi connectivity index (χ0n) is 11.0. The molecule has 1 atom stereocenters. The van der Waals surface area contributed by atoms with Crippen molar-refractivity contribution in [3.63, 3.8) is 0 Å². The average molecular weight is 287 g/mol. The highest BCUT2D eigenvalue weighted by molar-refractivity contribution is 5.97. The van der Waals surface area contributed by atoms with E-state index in [1.54, 1.807) is 0 Å². The molecule has 1 aliphatic heterocycles. The molecule has 1 heterocycles. The van der Waals surface area contributed by atoms with E-state index >= 15 is 0 Å². The number of alkyl halides is 3.